The topological polar surface area (TPSA) is 0 Å². The van der Waals surface area contributed by atoms with E-state index in [1.165, 1.54) is 0 Å². The summed E-state index contributed by atoms with van der Waals surface area (Å²) in [4.78, 5) is 0. The zero-order valence-electron chi connectivity index (χ0n) is 3.98. The van der Waals surface area contributed by atoms with Gasteiger partial charge in [0.05, 0.1) is 0 Å². The number of hydrogen-bond donors (Lipinski definition) is 0. The van der Waals surface area contributed by atoms with Crippen LogP contribution < -0.4 is 0 Å². The SMILES string of the molecule is [CH2]/C=C\CC[CH2]. The van der Waals surface area contributed by atoms with Gasteiger partial charge in [0.1, 0.15) is 0 Å². The van der Waals surface area contributed by atoms with Gasteiger partial charge in [0.2, 0.25) is 0 Å². The van der Waals surface area contributed by atoms with Gasteiger partial charge in [0.15, 0.2) is 0 Å². The molecule has 2 radical (unpaired) electrons. The molecule has 0 saturated carbocycles. The molecule has 0 unspecified atom stereocenters. The largest absolute Gasteiger partial charge is 0.0885 e. The molecule has 0 aliphatic carbocycles. The fraction of sp³-hybridized carbons (Fsp3) is 0.333. The molecule has 0 heterocycles. The summed E-state index contributed by atoms with van der Waals surface area (Å²) in [5.74, 6) is 0. The Hall–Kier alpha value is -0.260. The van der Waals surface area contributed by atoms with Crippen LogP contribution in [-0.2, 0) is 0 Å². The summed E-state index contributed by atoms with van der Waals surface area (Å²) in [7, 11) is 0. The lowest BCUT2D eigenvalue weighted by Crippen LogP contribution is -1.56. The standard InChI is InChI=1S/C6H10/c1-3-5-6-4-2/h3,5H,1-2,4,6H2/b5-3-. The third-order valence-corrected chi connectivity index (χ3v) is 0.537. The Balaban J connectivity index is 2.66. The van der Waals surface area contributed by atoms with Crippen LogP contribution in [0.3, 0.4) is 0 Å². The summed E-state index contributed by atoms with van der Waals surface area (Å²) < 4.78 is 0. The molecule has 0 rings (SSSR count). The summed E-state index contributed by atoms with van der Waals surface area (Å²) in [5, 5.41) is 0. The van der Waals surface area contributed by atoms with E-state index in [1.807, 2.05) is 6.08 Å². The van der Waals surface area contributed by atoms with Crippen LogP contribution >= 0.6 is 0 Å². The molecule has 0 amide bonds. The van der Waals surface area contributed by atoms with Crippen molar-refractivity contribution in [3.8, 4) is 0 Å². The minimum atomic E-state index is 0.978. The maximum Gasteiger partial charge on any atom is -0.0316 e. The van der Waals surface area contributed by atoms with Crippen molar-refractivity contribution >= 4 is 0 Å². The van der Waals surface area contributed by atoms with Gasteiger partial charge < -0.3 is 0 Å². The number of rotatable bonds is 2. The van der Waals surface area contributed by atoms with E-state index in [-0.39, 0.29) is 0 Å². The second kappa shape index (κ2) is 4.74. The van der Waals surface area contributed by atoms with Crippen molar-refractivity contribution in [3.63, 3.8) is 0 Å². The van der Waals surface area contributed by atoms with Gasteiger partial charge in [0, 0.05) is 0 Å². The Labute approximate surface area is 39.9 Å². The Morgan fingerprint density at radius 3 is 2.33 bits per heavy atom. The minimum Gasteiger partial charge on any atom is -0.0885 e. The first-order valence-corrected chi connectivity index (χ1v) is 2.15. The highest BCUT2D eigenvalue weighted by Crippen LogP contribution is 1.84. The molecule has 0 aliphatic rings. The zero-order chi connectivity index (χ0) is 4.83. The molecule has 0 fully saturated rings. The van der Waals surface area contributed by atoms with Gasteiger partial charge in [0.25, 0.3) is 0 Å². The van der Waals surface area contributed by atoms with Crippen LogP contribution in [-0.4, -0.2) is 0 Å². The lowest BCUT2D eigenvalue weighted by atomic mass is 10.3. The van der Waals surface area contributed by atoms with E-state index in [4.69, 9.17) is 0 Å². The quantitative estimate of drug-likeness (QED) is 0.478. The second-order valence-corrected chi connectivity index (χ2v) is 1.11. The molecule has 0 atom stereocenters. The van der Waals surface area contributed by atoms with Crippen molar-refractivity contribution in [1.82, 2.24) is 0 Å². The maximum absolute atomic E-state index is 3.64. The molecule has 6 heavy (non-hydrogen) atoms. The molecular formula is C6H10. The lowest BCUT2D eigenvalue weighted by Gasteiger charge is -1.76. The van der Waals surface area contributed by atoms with Gasteiger partial charge in [-0.2, -0.15) is 0 Å². The molecule has 0 aliphatic heterocycles. The molecule has 0 aromatic heterocycles. The van der Waals surface area contributed by atoms with E-state index in [2.05, 4.69) is 13.8 Å². The predicted octanol–water partition coefficient (Wildman–Crippen LogP) is 1.99. The van der Waals surface area contributed by atoms with Gasteiger partial charge >= 0.3 is 0 Å². The normalized spacial score (nSPS) is 10.3. The van der Waals surface area contributed by atoms with Gasteiger partial charge in [-0.15, -0.1) is 0 Å². The molecule has 0 aromatic carbocycles. The summed E-state index contributed by atoms with van der Waals surface area (Å²) in [6.45, 7) is 7.16. The summed E-state index contributed by atoms with van der Waals surface area (Å²) >= 11 is 0. The number of allylic oxidation sites excluding steroid dienone is 2. The van der Waals surface area contributed by atoms with Crippen molar-refractivity contribution in [1.29, 1.82) is 0 Å². The molecule has 0 bridgehead atoms. The summed E-state index contributed by atoms with van der Waals surface area (Å²) in [6.07, 6.45) is 5.84. The lowest BCUT2D eigenvalue weighted by molar-refractivity contribution is 1.05. The predicted molar refractivity (Wildman–Crippen MR) is 29.1 cm³/mol. The van der Waals surface area contributed by atoms with Crippen LogP contribution in [0.4, 0.5) is 0 Å². The van der Waals surface area contributed by atoms with Crippen LogP contribution in [0.25, 0.3) is 0 Å². The molecule has 0 spiro atoms. The fourth-order valence-corrected chi connectivity index (χ4v) is 0.236. The van der Waals surface area contributed by atoms with Crippen LogP contribution in [0.5, 0.6) is 0 Å². The maximum atomic E-state index is 3.64. The number of unbranched alkanes of at least 4 members (excludes halogenated alkanes) is 1. The van der Waals surface area contributed by atoms with E-state index in [9.17, 15) is 0 Å². The molecule has 0 aromatic rings. The monoisotopic (exact) mass is 82.1 g/mol. The van der Waals surface area contributed by atoms with Gasteiger partial charge in [-0.3, -0.25) is 0 Å². The van der Waals surface area contributed by atoms with E-state index < -0.39 is 0 Å². The van der Waals surface area contributed by atoms with Gasteiger partial charge in [-0.1, -0.05) is 19.1 Å². The van der Waals surface area contributed by atoms with Crippen molar-refractivity contribution in [2.24, 2.45) is 0 Å². The first kappa shape index (κ1) is 5.74. The van der Waals surface area contributed by atoms with E-state index in [1.54, 1.807) is 6.08 Å². The van der Waals surface area contributed by atoms with E-state index in [0.717, 1.165) is 12.8 Å². The van der Waals surface area contributed by atoms with Gasteiger partial charge in [-0.05, 0) is 19.8 Å². The second-order valence-electron chi connectivity index (χ2n) is 1.11. The Morgan fingerprint density at radius 2 is 2.17 bits per heavy atom. The highest BCUT2D eigenvalue weighted by atomic mass is 13.7. The molecule has 0 heteroatoms. The van der Waals surface area contributed by atoms with Gasteiger partial charge in [-0.25, -0.2) is 0 Å². The van der Waals surface area contributed by atoms with Crippen LogP contribution in [0, 0.1) is 13.8 Å². The molecule has 34 valence electrons. The Kier molecular flexibility index (Phi) is 4.53. The van der Waals surface area contributed by atoms with Crippen molar-refractivity contribution in [2.75, 3.05) is 0 Å². The smallest absolute Gasteiger partial charge is 0.0316 e. The van der Waals surface area contributed by atoms with Crippen molar-refractivity contribution in [3.05, 3.63) is 26.0 Å². The first-order chi connectivity index (χ1) is 2.91. The zero-order valence-corrected chi connectivity index (χ0v) is 3.98. The summed E-state index contributed by atoms with van der Waals surface area (Å²) in [5.41, 5.74) is 0. The average molecular weight is 82.1 g/mol. The molecule has 0 nitrogen and oxygen atoms in total. The van der Waals surface area contributed by atoms with Crippen LogP contribution in [0.2, 0.25) is 0 Å². The minimum absolute atomic E-state index is 0.978. The first-order valence-electron chi connectivity index (χ1n) is 2.15. The average Bonchev–Trinajstić information content (AvgIpc) is 1.61. The van der Waals surface area contributed by atoms with Crippen LogP contribution in [0.1, 0.15) is 12.8 Å². The van der Waals surface area contributed by atoms with Crippen molar-refractivity contribution < 1.29 is 0 Å². The highest BCUT2D eigenvalue weighted by Gasteiger charge is 1.65. The Bertz CT molecular complexity index is 35.3. The molecule has 0 saturated heterocycles. The Morgan fingerprint density at radius 1 is 1.50 bits per heavy atom. The van der Waals surface area contributed by atoms with Crippen LogP contribution in [0.15, 0.2) is 12.2 Å². The third-order valence-electron chi connectivity index (χ3n) is 0.537. The highest BCUT2D eigenvalue weighted by molar-refractivity contribution is 4.83. The number of hydrogen-bond acceptors (Lipinski definition) is 0. The third kappa shape index (κ3) is 3.74. The fourth-order valence-electron chi connectivity index (χ4n) is 0.236. The van der Waals surface area contributed by atoms with Crippen molar-refractivity contribution in [2.45, 2.75) is 12.8 Å². The molecule has 0 N–H and O–H groups in total. The van der Waals surface area contributed by atoms with E-state index in [0.29, 0.717) is 0 Å². The molecular weight excluding hydrogens is 72.1 g/mol. The van der Waals surface area contributed by atoms with E-state index >= 15 is 0 Å². The summed E-state index contributed by atoms with van der Waals surface area (Å²) in [6, 6.07) is 0.